The SMILES string of the molecule is Nc1nc(N)c2c(n1)NC1=C(C(=O)CCC1)C2c1ccc(Cl)cc1. The first-order chi connectivity index (χ1) is 11.5. The number of rotatable bonds is 1. The van der Waals surface area contributed by atoms with Crippen LogP contribution in [0.5, 0.6) is 0 Å². The molecule has 1 atom stereocenters. The lowest BCUT2D eigenvalue weighted by atomic mass is 9.76. The van der Waals surface area contributed by atoms with E-state index in [1.807, 2.05) is 12.1 Å². The molecule has 0 saturated carbocycles. The van der Waals surface area contributed by atoms with Gasteiger partial charge in [0.25, 0.3) is 0 Å². The number of halogens is 1. The summed E-state index contributed by atoms with van der Waals surface area (Å²) in [5.74, 6) is 0.801. The molecular formula is C17H16ClN5O. The van der Waals surface area contributed by atoms with Crippen LogP contribution in [0.3, 0.4) is 0 Å². The second-order valence-corrected chi connectivity index (χ2v) is 6.44. The minimum Gasteiger partial charge on any atom is -0.383 e. The number of benzene rings is 1. The number of aromatic nitrogens is 2. The lowest BCUT2D eigenvalue weighted by molar-refractivity contribution is -0.116. The van der Waals surface area contributed by atoms with Crippen LogP contribution in [0, 0.1) is 0 Å². The molecule has 4 rings (SSSR count). The zero-order valence-corrected chi connectivity index (χ0v) is 13.6. The van der Waals surface area contributed by atoms with Crippen LogP contribution in [-0.2, 0) is 4.79 Å². The lowest BCUT2D eigenvalue weighted by Gasteiger charge is -2.33. The van der Waals surface area contributed by atoms with Gasteiger partial charge in [0, 0.05) is 34.2 Å². The van der Waals surface area contributed by atoms with E-state index in [0.717, 1.165) is 29.7 Å². The van der Waals surface area contributed by atoms with Gasteiger partial charge in [-0.1, -0.05) is 23.7 Å². The summed E-state index contributed by atoms with van der Waals surface area (Å²) in [5, 5.41) is 3.88. The Morgan fingerprint density at radius 3 is 2.62 bits per heavy atom. The number of allylic oxidation sites excluding steroid dienone is 2. The van der Waals surface area contributed by atoms with Gasteiger partial charge in [-0.3, -0.25) is 4.79 Å². The van der Waals surface area contributed by atoms with Crippen molar-refractivity contribution in [1.29, 1.82) is 0 Å². The Kier molecular flexibility index (Phi) is 3.42. The molecule has 0 radical (unpaired) electrons. The molecule has 2 aliphatic rings. The molecule has 122 valence electrons. The number of nitrogen functional groups attached to an aromatic ring is 2. The van der Waals surface area contributed by atoms with Crippen molar-refractivity contribution >= 4 is 35.0 Å². The number of nitrogens with two attached hydrogens (primary N) is 2. The molecule has 2 aromatic rings. The molecule has 1 aliphatic carbocycles. The van der Waals surface area contributed by atoms with Crippen LogP contribution in [0.25, 0.3) is 0 Å². The van der Waals surface area contributed by atoms with Gasteiger partial charge in [0.2, 0.25) is 5.95 Å². The first kappa shape index (κ1) is 15.0. The Morgan fingerprint density at radius 2 is 1.88 bits per heavy atom. The zero-order chi connectivity index (χ0) is 16.8. The molecular weight excluding hydrogens is 326 g/mol. The molecule has 0 fully saturated rings. The van der Waals surface area contributed by atoms with Crippen LogP contribution < -0.4 is 16.8 Å². The molecule has 0 bridgehead atoms. The highest BCUT2D eigenvalue weighted by molar-refractivity contribution is 6.30. The fraction of sp³-hybridized carbons (Fsp3) is 0.235. The third-order valence-electron chi connectivity index (χ3n) is 4.50. The van der Waals surface area contributed by atoms with Crippen molar-refractivity contribution in [2.24, 2.45) is 0 Å². The molecule has 6 nitrogen and oxygen atoms in total. The van der Waals surface area contributed by atoms with Crippen molar-refractivity contribution in [3.8, 4) is 0 Å². The number of carbonyl (C=O) groups excluding carboxylic acids is 1. The largest absolute Gasteiger partial charge is 0.383 e. The molecule has 0 spiro atoms. The first-order valence-electron chi connectivity index (χ1n) is 7.76. The van der Waals surface area contributed by atoms with Crippen molar-refractivity contribution in [3.63, 3.8) is 0 Å². The average Bonchev–Trinajstić information content (AvgIpc) is 2.54. The number of hydrogen-bond acceptors (Lipinski definition) is 6. The molecule has 0 amide bonds. The van der Waals surface area contributed by atoms with Gasteiger partial charge in [-0.25, -0.2) is 0 Å². The van der Waals surface area contributed by atoms with Gasteiger partial charge in [-0.05, 0) is 30.5 Å². The molecule has 0 saturated heterocycles. The number of ketones is 1. The maximum Gasteiger partial charge on any atom is 0.223 e. The summed E-state index contributed by atoms with van der Waals surface area (Å²) in [6, 6.07) is 7.43. The zero-order valence-electron chi connectivity index (χ0n) is 12.8. The predicted octanol–water partition coefficient (Wildman–Crippen LogP) is 2.86. The van der Waals surface area contributed by atoms with Crippen molar-refractivity contribution in [1.82, 2.24) is 9.97 Å². The number of fused-ring (bicyclic) bond motifs is 1. The average molecular weight is 342 g/mol. The Bertz CT molecular complexity index is 875. The fourth-order valence-corrected chi connectivity index (χ4v) is 3.61. The highest BCUT2D eigenvalue weighted by Crippen LogP contribution is 2.46. The molecule has 24 heavy (non-hydrogen) atoms. The molecule has 2 heterocycles. The number of nitrogens with one attached hydrogen (secondary N) is 1. The van der Waals surface area contributed by atoms with Crippen LogP contribution >= 0.6 is 11.6 Å². The van der Waals surface area contributed by atoms with Crippen LogP contribution in [-0.4, -0.2) is 15.8 Å². The van der Waals surface area contributed by atoms with E-state index in [1.165, 1.54) is 0 Å². The van der Waals surface area contributed by atoms with Crippen molar-refractivity contribution in [3.05, 3.63) is 51.7 Å². The van der Waals surface area contributed by atoms with Crippen LogP contribution in [0.2, 0.25) is 5.02 Å². The maximum atomic E-state index is 12.6. The van der Waals surface area contributed by atoms with Gasteiger partial charge in [-0.2, -0.15) is 9.97 Å². The summed E-state index contributed by atoms with van der Waals surface area (Å²) < 4.78 is 0. The lowest BCUT2D eigenvalue weighted by Crippen LogP contribution is -2.28. The topological polar surface area (TPSA) is 107 Å². The standard InChI is InChI=1S/C17H16ClN5O/c18-9-6-4-8(5-7-9)12-13-10(2-1-3-11(13)24)21-16-14(12)15(19)22-17(20)23-16/h4-7,12H,1-3H2,(H5,19,20,21,22,23). The molecule has 1 aliphatic heterocycles. The van der Waals surface area contributed by atoms with Crippen LogP contribution in [0.1, 0.15) is 36.3 Å². The quantitative estimate of drug-likeness (QED) is 0.736. The van der Waals surface area contributed by atoms with Gasteiger partial charge in [0.05, 0.1) is 0 Å². The second kappa shape index (κ2) is 5.49. The molecule has 7 heteroatoms. The predicted molar refractivity (Wildman–Crippen MR) is 93.7 cm³/mol. The Balaban J connectivity index is 1.97. The van der Waals surface area contributed by atoms with Gasteiger partial charge >= 0.3 is 0 Å². The maximum absolute atomic E-state index is 12.6. The number of anilines is 3. The summed E-state index contributed by atoms with van der Waals surface area (Å²) in [4.78, 5) is 21.0. The smallest absolute Gasteiger partial charge is 0.223 e. The Labute approximate surface area is 143 Å². The number of Topliss-reactive ketones (excluding diaryl/α,β-unsaturated/α-hetero) is 1. The summed E-state index contributed by atoms with van der Waals surface area (Å²) in [6.07, 6.45) is 2.16. The van der Waals surface area contributed by atoms with Crippen LogP contribution in [0.15, 0.2) is 35.5 Å². The van der Waals surface area contributed by atoms with Crippen molar-refractivity contribution in [2.75, 3.05) is 16.8 Å². The van der Waals surface area contributed by atoms with E-state index in [1.54, 1.807) is 12.1 Å². The third kappa shape index (κ3) is 2.30. The highest BCUT2D eigenvalue weighted by atomic mass is 35.5. The van der Waals surface area contributed by atoms with Crippen molar-refractivity contribution < 1.29 is 4.79 Å². The van der Waals surface area contributed by atoms with E-state index in [4.69, 9.17) is 23.1 Å². The summed E-state index contributed by atoms with van der Waals surface area (Å²) in [6.45, 7) is 0. The highest BCUT2D eigenvalue weighted by Gasteiger charge is 2.37. The van der Waals surface area contributed by atoms with E-state index in [0.29, 0.717) is 22.8 Å². The van der Waals surface area contributed by atoms with Gasteiger partial charge in [0.15, 0.2) is 5.78 Å². The summed E-state index contributed by atoms with van der Waals surface area (Å²) >= 11 is 6.01. The minimum absolute atomic E-state index is 0.111. The van der Waals surface area contributed by atoms with E-state index in [-0.39, 0.29) is 23.5 Å². The van der Waals surface area contributed by atoms with Gasteiger partial charge in [0.1, 0.15) is 11.6 Å². The normalized spacial score (nSPS) is 19.5. The second-order valence-electron chi connectivity index (χ2n) is 6.01. The first-order valence-corrected chi connectivity index (χ1v) is 8.14. The van der Waals surface area contributed by atoms with Gasteiger partial charge in [-0.15, -0.1) is 0 Å². The number of nitrogens with zero attached hydrogens (tertiary/aromatic N) is 2. The van der Waals surface area contributed by atoms with Gasteiger partial charge < -0.3 is 16.8 Å². The molecule has 1 aromatic heterocycles. The molecule has 1 aromatic carbocycles. The molecule has 5 N–H and O–H groups in total. The Hall–Kier alpha value is -2.60. The van der Waals surface area contributed by atoms with E-state index in [9.17, 15) is 4.79 Å². The molecule has 1 unspecified atom stereocenters. The van der Waals surface area contributed by atoms with Crippen molar-refractivity contribution in [2.45, 2.75) is 25.2 Å². The third-order valence-corrected chi connectivity index (χ3v) is 4.75. The van der Waals surface area contributed by atoms with Crippen LogP contribution in [0.4, 0.5) is 17.6 Å². The monoisotopic (exact) mass is 341 g/mol. The van der Waals surface area contributed by atoms with E-state index in [2.05, 4.69) is 15.3 Å². The Morgan fingerprint density at radius 1 is 1.12 bits per heavy atom. The number of hydrogen-bond donors (Lipinski definition) is 3. The van der Waals surface area contributed by atoms with E-state index < -0.39 is 0 Å². The fourth-order valence-electron chi connectivity index (χ4n) is 3.49. The minimum atomic E-state index is -0.304. The summed E-state index contributed by atoms with van der Waals surface area (Å²) in [7, 11) is 0. The number of carbonyl (C=O) groups is 1. The van der Waals surface area contributed by atoms with E-state index >= 15 is 0 Å². The summed E-state index contributed by atoms with van der Waals surface area (Å²) in [5.41, 5.74) is 15.2.